The minimum absolute atomic E-state index is 0.00404. The third-order valence-corrected chi connectivity index (χ3v) is 7.83. The lowest BCUT2D eigenvalue weighted by Crippen LogP contribution is -2.66. The summed E-state index contributed by atoms with van der Waals surface area (Å²) in [6, 6.07) is 14.3. The standard InChI is InChI=1S/C30H35N3O8/c1-30(2,3)41-28(36)18-39-27(35)15-19-14-26(34)25-16-32(12-13-33(19,25)38)31-29(37)40-17-24-22-10-6-4-8-20(22)21-9-5-7-11-23(21)24/h4-11,19,24-25H,12-18H2,1-3H3,(H,31,37)/t19-,25+,33?/m0/s1. The van der Waals surface area contributed by atoms with Gasteiger partial charge in [0.05, 0.1) is 32.5 Å². The SMILES string of the molecule is CC(C)(C)OC(=O)COC(=O)C[C@@H]1CC(=O)[C@H]2CN(NC(=O)OCC3c4ccccc4-c4ccccc43)CC[N+]12[O-]. The van der Waals surface area contributed by atoms with Gasteiger partial charge in [0.15, 0.2) is 18.4 Å². The number of fused-ring (bicyclic) bond motifs is 4. The minimum Gasteiger partial charge on any atom is -0.632 e. The first kappa shape index (κ1) is 28.7. The molecule has 1 N–H and O–H groups in total. The summed E-state index contributed by atoms with van der Waals surface area (Å²) < 4.78 is 14.9. The van der Waals surface area contributed by atoms with Gasteiger partial charge in [0.1, 0.15) is 18.2 Å². The molecule has 1 amide bonds. The molecule has 11 heteroatoms. The Labute approximate surface area is 238 Å². The Morgan fingerprint density at radius 2 is 1.63 bits per heavy atom. The van der Waals surface area contributed by atoms with Gasteiger partial charge in [0.2, 0.25) is 0 Å². The second-order valence-corrected chi connectivity index (χ2v) is 11.8. The van der Waals surface area contributed by atoms with Gasteiger partial charge in [-0.2, -0.15) is 0 Å². The lowest BCUT2D eigenvalue weighted by Gasteiger charge is -2.52. The summed E-state index contributed by atoms with van der Waals surface area (Å²) in [5.74, 6) is -1.79. The van der Waals surface area contributed by atoms with Crippen molar-refractivity contribution in [3.05, 3.63) is 64.9 Å². The van der Waals surface area contributed by atoms with E-state index in [9.17, 15) is 24.4 Å². The van der Waals surface area contributed by atoms with Crippen LogP contribution in [0.4, 0.5) is 4.79 Å². The number of carbonyl (C=O) groups excluding carboxylic acids is 4. The molecule has 0 bridgehead atoms. The van der Waals surface area contributed by atoms with Crippen molar-refractivity contribution in [2.45, 2.75) is 57.2 Å². The van der Waals surface area contributed by atoms with Crippen LogP contribution in [0.3, 0.4) is 0 Å². The Kier molecular flexibility index (Phi) is 7.87. The van der Waals surface area contributed by atoms with E-state index in [4.69, 9.17) is 14.2 Å². The summed E-state index contributed by atoms with van der Waals surface area (Å²) in [6.07, 6.45) is -1.02. The highest BCUT2D eigenvalue weighted by Crippen LogP contribution is 2.44. The number of piperazine rings is 1. The van der Waals surface area contributed by atoms with E-state index in [0.717, 1.165) is 22.3 Å². The molecule has 1 unspecified atom stereocenters. The Balaban J connectivity index is 1.13. The molecule has 0 spiro atoms. The quantitative estimate of drug-likeness (QED) is 0.233. The molecule has 3 aliphatic rings. The number of quaternary nitrogens is 1. The maximum absolute atomic E-state index is 13.7. The molecular weight excluding hydrogens is 530 g/mol. The zero-order valence-electron chi connectivity index (χ0n) is 23.5. The largest absolute Gasteiger partial charge is 0.632 e. The van der Waals surface area contributed by atoms with Crippen LogP contribution >= 0.6 is 0 Å². The van der Waals surface area contributed by atoms with E-state index >= 15 is 0 Å². The topological polar surface area (TPSA) is 134 Å². The molecule has 2 aromatic carbocycles. The zero-order chi connectivity index (χ0) is 29.4. The maximum atomic E-state index is 13.7. The van der Waals surface area contributed by atoms with Crippen molar-refractivity contribution in [1.82, 2.24) is 10.4 Å². The van der Waals surface area contributed by atoms with Crippen LogP contribution in [0.1, 0.15) is 50.7 Å². The molecule has 2 fully saturated rings. The number of ketones is 1. The van der Waals surface area contributed by atoms with Crippen molar-refractivity contribution in [2.75, 3.05) is 32.8 Å². The van der Waals surface area contributed by atoms with E-state index in [1.165, 1.54) is 5.01 Å². The number of hydrazine groups is 1. The number of hydroxylamine groups is 3. The van der Waals surface area contributed by atoms with Crippen molar-refractivity contribution < 1.29 is 38.0 Å². The molecule has 0 radical (unpaired) electrons. The van der Waals surface area contributed by atoms with Gasteiger partial charge in [-0.25, -0.2) is 14.6 Å². The van der Waals surface area contributed by atoms with Gasteiger partial charge in [-0.05, 0) is 43.0 Å². The first-order valence-corrected chi connectivity index (χ1v) is 13.8. The summed E-state index contributed by atoms with van der Waals surface area (Å²) in [5.41, 5.74) is 6.41. The number of Topliss-reactive ketones (excluding diaryl/α,β-unsaturated/α-hetero) is 1. The van der Waals surface area contributed by atoms with E-state index < -0.39 is 47.0 Å². The fourth-order valence-corrected chi connectivity index (χ4v) is 6.03. The fourth-order valence-electron chi connectivity index (χ4n) is 6.03. The molecule has 2 heterocycles. The fraction of sp³-hybridized carbons (Fsp3) is 0.467. The normalized spacial score (nSPS) is 23.8. The molecule has 2 saturated heterocycles. The van der Waals surface area contributed by atoms with Crippen LogP contribution in [0.5, 0.6) is 0 Å². The average Bonchev–Trinajstić information content (AvgIpc) is 3.36. The summed E-state index contributed by atoms with van der Waals surface area (Å²) in [6.45, 7) is 4.88. The predicted molar refractivity (Wildman–Crippen MR) is 147 cm³/mol. The number of carbonyl (C=O) groups is 4. The molecule has 5 rings (SSSR count). The third-order valence-electron chi connectivity index (χ3n) is 7.83. The molecular formula is C30H35N3O8. The minimum atomic E-state index is -0.943. The lowest BCUT2D eigenvalue weighted by atomic mass is 9.98. The number of hydrogen-bond donors (Lipinski definition) is 1. The molecule has 3 atom stereocenters. The van der Waals surface area contributed by atoms with Crippen molar-refractivity contribution in [1.29, 1.82) is 0 Å². The monoisotopic (exact) mass is 565 g/mol. The van der Waals surface area contributed by atoms with Gasteiger partial charge in [0, 0.05) is 5.92 Å². The van der Waals surface area contributed by atoms with Crippen LogP contribution in [0.2, 0.25) is 0 Å². The molecule has 0 aromatic heterocycles. The smallest absolute Gasteiger partial charge is 0.421 e. The van der Waals surface area contributed by atoms with Crippen LogP contribution in [0.25, 0.3) is 11.1 Å². The van der Waals surface area contributed by atoms with Gasteiger partial charge in [-0.1, -0.05) is 48.5 Å². The van der Waals surface area contributed by atoms with Crippen LogP contribution in [0, 0.1) is 5.21 Å². The summed E-state index contributed by atoms with van der Waals surface area (Å²) in [7, 11) is 0. The van der Waals surface area contributed by atoms with Crippen LogP contribution in [-0.4, -0.2) is 84.0 Å². The number of amides is 1. The highest BCUT2D eigenvalue weighted by Gasteiger charge is 2.53. The van der Waals surface area contributed by atoms with Crippen molar-refractivity contribution in [3.8, 4) is 11.1 Å². The van der Waals surface area contributed by atoms with Crippen molar-refractivity contribution >= 4 is 23.8 Å². The number of rotatable bonds is 7. The van der Waals surface area contributed by atoms with Crippen molar-refractivity contribution in [3.63, 3.8) is 0 Å². The van der Waals surface area contributed by atoms with E-state index in [2.05, 4.69) is 17.6 Å². The summed E-state index contributed by atoms with van der Waals surface area (Å²) >= 11 is 0. The Hall–Kier alpha value is -3.80. The predicted octanol–water partition coefficient (Wildman–Crippen LogP) is 3.06. The number of hydrogen-bond acceptors (Lipinski definition) is 9. The molecule has 218 valence electrons. The maximum Gasteiger partial charge on any atom is 0.421 e. The number of nitrogens with zero attached hydrogens (tertiary/aromatic N) is 2. The molecule has 1 aliphatic carbocycles. The third kappa shape index (κ3) is 6.12. The van der Waals surface area contributed by atoms with E-state index in [1.54, 1.807) is 20.8 Å². The number of ether oxygens (including phenoxy) is 3. The van der Waals surface area contributed by atoms with E-state index in [1.807, 2.05) is 36.4 Å². The van der Waals surface area contributed by atoms with Gasteiger partial charge < -0.3 is 24.1 Å². The van der Waals surface area contributed by atoms with Gasteiger partial charge in [-0.3, -0.25) is 15.0 Å². The lowest BCUT2D eigenvalue weighted by molar-refractivity contribution is -0.915. The Bertz CT molecular complexity index is 1310. The summed E-state index contributed by atoms with van der Waals surface area (Å²) in [5, 5.41) is 15.2. The Morgan fingerprint density at radius 1 is 1.00 bits per heavy atom. The molecule has 41 heavy (non-hydrogen) atoms. The van der Waals surface area contributed by atoms with Gasteiger partial charge >= 0.3 is 18.0 Å². The zero-order valence-corrected chi connectivity index (χ0v) is 23.5. The second kappa shape index (κ2) is 11.2. The molecule has 2 aromatic rings. The highest BCUT2D eigenvalue weighted by molar-refractivity contribution is 5.86. The number of benzene rings is 2. The molecule has 11 nitrogen and oxygen atoms in total. The van der Waals surface area contributed by atoms with Gasteiger partial charge in [-0.15, -0.1) is 0 Å². The summed E-state index contributed by atoms with van der Waals surface area (Å²) in [4.78, 5) is 49.7. The second-order valence-electron chi connectivity index (χ2n) is 11.8. The molecule has 2 aliphatic heterocycles. The number of esters is 2. The number of nitrogens with one attached hydrogen (secondary N) is 1. The average molecular weight is 566 g/mol. The van der Waals surface area contributed by atoms with Crippen LogP contribution in [-0.2, 0) is 28.6 Å². The van der Waals surface area contributed by atoms with E-state index in [0.29, 0.717) is 0 Å². The molecule has 0 saturated carbocycles. The van der Waals surface area contributed by atoms with Crippen LogP contribution < -0.4 is 5.43 Å². The van der Waals surface area contributed by atoms with Gasteiger partial charge in [0.25, 0.3) is 0 Å². The van der Waals surface area contributed by atoms with Crippen molar-refractivity contribution in [2.24, 2.45) is 0 Å². The highest BCUT2D eigenvalue weighted by atomic mass is 16.6. The first-order chi connectivity index (χ1) is 19.4. The Morgan fingerprint density at radius 3 is 2.27 bits per heavy atom. The first-order valence-electron chi connectivity index (χ1n) is 13.8. The van der Waals surface area contributed by atoms with Crippen LogP contribution in [0.15, 0.2) is 48.5 Å². The van der Waals surface area contributed by atoms with E-state index in [-0.39, 0.29) is 50.8 Å².